The molecular weight excluding hydrogens is 284 g/mol. The summed E-state index contributed by atoms with van der Waals surface area (Å²) >= 11 is 0. The topological polar surface area (TPSA) is 26.3 Å². The van der Waals surface area contributed by atoms with Crippen LogP contribution in [0.25, 0.3) is 0 Å². The van der Waals surface area contributed by atoms with E-state index in [4.69, 9.17) is 4.74 Å². The number of fused-ring (bicyclic) bond motifs is 1. The van der Waals surface area contributed by atoms with Gasteiger partial charge in [0.25, 0.3) is 0 Å². The molecule has 0 radical (unpaired) electrons. The van der Waals surface area contributed by atoms with Gasteiger partial charge in [-0.3, -0.25) is 0 Å². The van der Waals surface area contributed by atoms with Gasteiger partial charge in [-0.05, 0) is 56.6 Å². The van der Waals surface area contributed by atoms with Gasteiger partial charge in [0.15, 0.2) is 0 Å². The van der Waals surface area contributed by atoms with E-state index in [1.54, 1.807) is 6.92 Å². The molecule has 124 valence electrons. The Morgan fingerprint density at radius 1 is 1.13 bits per heavy atom. The molecule has 0 heterocycles. The molecule has 0 saturated heterocycles. The van der Waals surface area contributed by atoms with Crippen LogP contribution in [0.4, 0.5) is 0 Å². The van der Waals surface area contributed by atoms with Crippen molar-refractivity contribution in [3.8, 4) is 0 Å². The van der Waals surface area contributed by atoms with Gasteiger partial charge >= 0.3 is 5.97 Å². The van der Waals surface area contributed by atoms with Gasteiger partial charge < -0.3 is 4.74 Å². The molecule has 2 heteroatoms. The van der Waals surface area contributed by atoms with E-state index in [1.165, 1.54) is 36.8 Å². The Balaban J connectivity index is 2.06. The summed E-state index contributed by atoms with van der Waals surface area (Å²) in [5.41, 5.74) is 2.69. The Bertz CT molecular complexity index is 583. The molecule has 0 N–H and O–H groups in total. The van der Waals surface area contributed by atoms with Gasteiger partial charge in [-0.2, -0.15) is 0 Å². The molecule has 1 aromatic rings. The molecule has 23 heavy (non-hydrogen) atoms. The molecule has 2 nitrogen and oxygen atoms in total. The summed E-state index contributed by atoms with van der Waals surface area (Å²) in [7, 11) is 0. The number of hydrogen-bond acceptors (Lipinski definition) is 2. The Morgan fingerprint density at radius 3 is 2.61 bits per heavy atom. The van der Waals surface area contributed by atoms with Crippen LogP contribution in [0.3, 0.4) is 0 Å². The second-order valence-corrected chi connectivity index (χ2v) is 7.26. The highest BCUT2D eigenvalue weighted by molar-refractivity contribution is 5.87. The predicted molar refractivity (Wildman–Crippen MR) is 93.2 cm³/mol. The first kappa shape index (κ1) is 16.3. The standard InChI is InChI=1S/C21H28O2/c1-16(2)20(22)23-21(18-12-4-3-5-13-18)15-9-8-11-17-10-6-7-14-19(17)21/h6-7,10,14,18H,1,3-5,8-9,11-13,15H2,2H3. The van der Waals surface area contributed by atoms with Gasteiger partial charge in [0, 0.05) is 11.5 Å². The largest absolute Gasteiger partial charge is 0.451 e. The van der Waals surface area contributed by atoms with Crippen LogP contribution in [0.15, 0.2) is 36.4 Å². The SMILES string of the molecule is C=C(C)C(=O)OC1(C2CCCCC2)CCCCc2ccccc21. The molecule has 2 aliphatic rings. The first-order chi connectivity index (χ1) is 11.1. The lowest BCUT2D eigenvalue weighted by molar-refractivity contribution is -0.167. The van der Waals surface area contributed by atoms with Crippen LogP contribution in [0.1, 0.15) is 69.4 Å². The molecule has 0 aliphatic heterocycles. The van der Waals surface area contributed by atoms with E-state index >= 15 is 0 Å². The van der Waals surface area contributed by atoms with Crippen molar-refractivity contribution in [2.75, 3.05) is 0 Å². The number of carbonyl (C=O) groups excluding carboxylic acids is 1. The van der Waals surface area contributed by atoms with Gasteiger partial charge in [0.2, 0.25) is 0 Å². The Labute approximate surface area is 139 Å². The summed E-state index contributed by atoms with van der Waals surface area (Å²) in [6.45, 7) is 5.55. The average Bonchev–Trinajstić information content (AvgIpc) is 2.76. The molecule has 0 amide bonds. The Kier molecular flexibility index (Phi) is 4.89. The third-order valence-electron chi connectivity index (χ3n) is 5.61. The maximum absolute atomic E-state index is 12.5. The van der Waals surface area contributed by atoms with Crippen molar-refractivity contribution in [2.24, 2.45) is 5.92 Å². The van der Waals surface area contributed by atoms with Crippen LogP contribution < -0.4 is 0 Å². The third kappa shape index (κ3) is 3.22. The molecule has 1 saturated carbocycles. The predicted octanol–water partition coefficient (Wildman–Crippen LogP) is 5.31. The van der Waals surface area contributed by atoms with Crippen molar-refractivity contribution in [3.63, 3.8) is 0 Å². The molecule has 0 aromatic heterocycles. The van der Waals surface area contributed by atoms with Gasteiger partial charge in [-0.25, -0.2) is 4.79 Å². The lowest BCUT2D eigenvalue weighted by atomic mass is 9.70. The van der Waals surface area contributed by atoms with Crippen molar-refractivity contribution in [2.45, 2.75) is 70.3 Å². The van der Waals surface area contributed by atoms with Crippen molar-refractivity contribution < 1.29 is 9.53 Å². The van der Waals surface area contributed by atoms with Crippen LogP contribution in [-0.2, 0) is 21.6 Å². The molecule has 1 fully saturated rings. The summed E-state index contributed by atoms with van der Waals surface area (Å²) in [6.07, 6.45) is 10.5. The van der Waals surface area contributed by atoms with Gasteiger partial charge in [-0.15, -0.1) is 0 Å². The maximum atomic E-state index is 12.5. The summed E-state index contributed by atoms with van der Waals surface area (Å²) in [5.74, 6) is 0.214. The van der Waals surface area contributed by atoms with Crippen molar-refractivity contribution in [3.05, 3.63) is 47.5 Å². The summed E-state index contributed by atoms with van der Waals surface area (Å²) in [4.78, 5) is 12.5. The molecule has 1 aromatic carbocycles. The number of aryl methyl sites for hydroxylation is 1. The van der Waals surface area contributed by atoms with Crippen molar-refractivity contribution in [1.82, 2.24) is 0 Å². The minimum Gasteiger partial charge on any atom is -0.451 e. The normalized spacial score (nSPS) is 25.3. The van der Waals surface area contributed by atoms with E-state index in [2.05, 4.69) is 30.8 Å². The fourth-order valence-electron chi connectivity index (χ4n) is 4.42. The Hall–Kier alpha value is -1.57. The van der Waals surface area contributed by atoms with E-state index in [0.717, 1.165) is 32.1 Å². The van der Waals surface area contributed by atoms with Crippen LogP contribution >= 0.6 is 0 Å². The summed E-state index contributed by atoms with van der Waals surface area (Å²) in [6, 6.07) is 8.61. The lowest BCUT2D eigenvalue weighted by Gasteiger charge is -2.43. The molecule has 3 rings (SSSR count). The fraction of sp³-hybridized carbons (Fsp3) is 0.571. The first-order valence-corrected chi connectivity index (χ1v) is 9.11. The van der Waals surface area contributed by atoms with Gasteiger partial charge in [0.05, 0.1) is 0 Å². The van der Waals surface area contributed by atoms with E-state index < -0.39 is 5.60 Å². The molecule has 0 spiro atoms. The zero-order valence-corrected chi connectivity index (χ0v) is 14.3. The quantitative estimate of drug-likeness (QED) is 0.429. The first-order valence-electron chi connectivity index (χ1n) is 9.11. The number of esters is 1. The Morgan fingerprint density at radius 2 is 1.87 bits per heavy atom. The third-order valence-corrected chi connectivity index (χ3v) is 5.61. The zero-order chi connectivity index (χ0) is 16.3. The highest BCUT2D eigenvalue weighted by Crippen LogP contribution is 2.48. The minimum absolute atomic E-state index is 0.229. The molecule has 0 bridgehead atoms. The van der Waals surface area contributed by atoms with E-state index in [0.29, 0.717) is 11.5 Å². The molecule has 1 atom stereocenters. The minimum atomic E-state index is -0.441. The highest BCUT2D eigenvalue weighted by atomic mass is 16.6. The lowest BCUT2D eigenvalue weighted by Crippen LogP contribution is -2.41. The zero-order valence-electron chi connectivity index (χ0n) is 14.3. The summed E-state index contributed by atoms with van der Waals surface area (Å²) < 4.78 is 6.25. The molecular formula is C21H28O2. The number of rotatable bonds is 3. The second-order valence-electron chi connectivity index (χ2n) is 7.26. The average molecular weight is 312 g/mol. The van der Waals surface area contributed by atoms with E-state index in [9.17, 15) is 4.79 Å². The van der Waals surface area contributed by atoms with Crippen molar-refractivity contribution >= 4 is 5.97 Å². The molecule has 2 aliphatic carbocycles. The van der Waals surface area contributed by atoms with Crippen LogP contribution in [0, 0.1) is 5.92 Å². The van der Waals surface area contributed by atoms with Crippen molar-refractivity contribution in [1.29, 1.82) is 0 Å². The van der Waals surface area contributed by atoms with Crippen LogP contribution in [0.5, 0.6) is 0 Å². The fourth-order valence-corrected chi connectivity index (χ4v) is 4.42. The number of hydrogen-bond donors (Lipinski definition) is 0. The monoisotopic (exact) mass is 312 g/mol. The van der Waals surface area contributed by atoms with Gasteiger partial charge in [0.1, 0.15) is 5.60 Å². The smallest absolute Gasteiger partial charge is 0.334 e. The van der Waals surface area contributed by atoms with Gasteiger partial charge in [-0.1, -0.05) is 50.1 Å². The van der Waals surface area contributed by atoms with E-state index in [-0.39, 0.29) is 5.97 Å². The number of carbonyl (C=O) groups is 1. The maximum Gasteiger partial charge on any atom is 0.334 e. The number of benzene rings is 1. The van der Waals surface area contributed by atoms with Crippen LogP contribution in [0.2, 0.25) is 0 Å². The summed E-state index contributed by atoms with van der Waals surface area (Å²) in [5, 5.41) is 0. The second kappa shape index (κ2) is 6.90. The molecule has 1 unspecified atom stereocenters. The van der Waals surface area contributed by atoms with E-state index in [1.807, 2.05) is 0 Å². The number of ether oxygens (including phenoxy) is 1. The highest BCUT2D eigenvalue weighted by Gasteiger charge is 2.45. The van der Waals surface area contributed by atoms with Crippen LogP contribution in [-0.4, -0.2) is 5.97 Å².